The van der Waals surface area contributed by atoms with Crippen LogP contribution in [0.5, 0.6) is 0 Å². The average Bonchev–Trinajstić information content (AvgIpc) is 3.06. The molecule has 0 atom stereocenters. The molecule has 26 heavy (non-hydrogen) atoms. The molecule has 0 unspecified atom stereocenters. The predicted octanol–water partition coefficient (Wildman–Crippen LogP) is 2.58. The Morgan fingerprint density at radius 1 is 1.19 bits per heavy atom. The first-order valence-corrected chi connectivity index (χ1v) is 7.60. The second-order valence-electron chi connectivity index (χ2n) is 5.48. The van der Waals surface area contributed by atoms with Crippen LogP contribution in [0.3, 0.4) is 0 Å². The summed E-state index contributed by atoms with van der Waals surface area (Å²) < 4.78 is 1.25. The lowest BCUT2D eigenvalue weighted by Crippen LogP contribution is -2.06. The van der Waals surface area contributed by atoms with Crippen LogP contribution in [0.2, 0.25) is 0 Å². The Morgan fingerprint density at radius 2 is 1.88 bits per heavy atom. The molecule has 0 spiro atoms. The van der Waals surface area contributed by atoms with E-state index in [9.17, 15) is 14.9 Å². The highest BCUT2D eigenvalue weighted by Gasteiger charge is 2.12. The highest BCUT2D eigenvalue weighted by atomic mass is 16.6. The minimum atomic E-state index is -0.533. The Morgan fingerprint density at radius 3 is 2.50 bits per heavy atom. The number of rotatable bonds is 5. The Kier molecular flexibility index (Phi) is 4.56. The fourth-order valence-corrected chi connectivity index (χ4v) is 2.22. The Bertz CT molecular complexity index is 966. The van der Waals surface area contributed by atoms with Crippen LogP contribution in [0.4, 0.5) is 22.9 Å². The van der Waals surface area contributed by atoms with Crippen LogP contribution in [-0.4, -0.2) is 30.6 Å². The number of hydrogen-bond donors (Lipinski definition) is 2. The normalized spacial score (nSPS) is 10.4. The third-order valence-corrected chi connectivity index (χ3v) is 3.30. The Balaban J connectivity index is 1.83. The molecule has 0 radical (unpaired) electrons. The summed E-state index contributed by atoms with van der Waals surface area (Å²) in [5.41, 5.74) is 1.98. The van der Waals surface area contributed by atoms with Crippen molar-refractivity contribution in [2.45, 2.75) is 13.8 Å². The highest BCUT2D eigenvalue weighted by Crippen LogP contribution is 2.19. The minimum Gasteiger partial charge on any atom is -0.340 e. The molecule has 1 aromatic carbocycles. The van der Waals surface area contributed by atoms with Crippen molar-refractivity contribution in [1.82, 2.24) is 19.7 Å². The van der Waals surface area contributed by atoms with Gasteiger partial charge in [-0.05, 0) is 31.2 Å². The lowest BCUT2D eigenvalue weighted by molar-refractivity contribution is -0.384. The van der Waals surface area contributed by atoms with Gasteiger partial charge in [-0.15, -0.1) is 0 Å². The second-order valence-corrected chi connectivity index (χ2v) is 5.48. The van der Waals surface area contributed by atoms with E-state index < -0.39 is 4.92 Å². The van der Waals surface area contributed by atoms with Gasteiger partial charge in [0.1, 0.15) is 18.2 Å². The molecule has 2 N–H and O–H groups in total. The van der Waals surface area contributed by atoms with Crippen molar-refractivity contribution < 1.29 is 9.72 Å². The molecule has 2 heterocycles. The SMILES string of the molecule is CC(=O)Nc1ccc(Nc2cc(C)nc(-n3cc([N+](=O)[O-])cn3)n2)cc1. The summed E-state index contributed by atoms with van der Waals surface area (Å²) in [5.74, 6) is 0.587. The van der Waals surface area contributed by atoms with Crippen LogP contribution in [0.15, 0.2) is 42.7 Å². The molecule has 0 aliphatic rings. The van der Waals surface area contributed by atoms with Gasteiger partial charge in [0.2, 0.25) is 5.91 Å². The average molecular weight is 353 g/mol. The van der Waals surface area contributed by atoms with E-state index in [1.165, 1.54) is 17.8 Å². The smallest absolute Gasteiger partial charge is 0.307 e. The first-order valence-electron chi connectivity index (χ1n) is 7.60. The van der Waals surface area contributed by atoms with E-state index in [4.69, 9.17) is 0 Å². The number of aromatic nitrogens is 4. The van der Waals surface area contributed by atoms with E-state index in [0.29, 0.717) is 17.2 Å². The van der Waals surface area contributed by atoms with Crippen molar-refractivity contribution in [3.05, 3.63) is 58.5 Å². The summed E-state index contributed by atoms with van der Waals surface area (Å²) in [6, 6.07) is 8.84. The maximum atomic E-state index is 11.0. The van der Waals surface area contributed by atoms with Crippen molar-refractivity contribution >= 4 is 28.8 Å². The molecule has 132 valence electrons. The van der Waals surface area contributed by atoms with Crippen molar-refractivity contribution in [1.29, 1.82) is 0 Å². The first-order chi connectivity index (χ1) is 12.4. The van der Waals surface area contributed by atoms with Crippen LogP contribution in [0.25, 0.3) is 5.95 Å². The van der Waals surface area contributed by atoms with Crippen LogP contribution in [0, 0.1) is 17.0 Å². The van der Waals surface area contributed by atoms with E-state index in [1.54, 1.807) is 37.3 Å². The predicted molar refractivity (Wildman–Crippen MR) is 94.6 cm³/mol. The number of hydrogen-bond acceptors (Lipinski definition) is 7. The molecule has 3 aromatic rings. The number of aryl methyl sites for hydroxylation is 1. The molecule has 10 heteroatoms. The first kappa shape index (κ1) is 17.0. The lowest BCUT2D eigenvalue weighted by atomic mass is 10.2. The van der Waals surface area contributed by atoms with E-state index in [1.807, 2.05) is 0 Å². The molecule has 2 aromatic heterocycles. The maximum absolute atomic E-state index is 11.0. The van der Waals surface area contributed by atoms with Gasteiger partial charge in [-0.3, -0.25) is 14.9 Å². The van der Waals surface area contributed by atoms with Gasteiger partial charge in [0, 0.05) is 30.1 Å². The number of nitro groups is 1. The van der Waals surface area contributed by atoms with E-state index >= 15 is 0 Å². The summed E-state index contributed by atoms with van der Waals surface area (Å²) in [7, 11) is 0. The third-order valence-electron chi connectivity index (χ3n) is 3.30. The van der Waals surface area contributed by atoms with Crippen molar-refractivity contribution in [2.75, 3.05) is 10.6 Å². The van der Waals surface area contributed by atoms with Gasteiger partial charge in [-0.1, -0.05) is 0 Å². The highest BCUT2D eigenvalue weighted by molar-refractivity contribution is 5.88. The summed E-state index contributed by atoms with van der Waals surface area (Å²) >= 11 is 0. The zero-order valence-corrected chi connectivity index (χ0v) is 14.0. The van der Waals surface area contributed by atoms with Gasteiger partial charge in [0.25, 0.3) is 5.95 Å². The van der Waals surface area contributed by atoms with Crippen LogP contribution in [0.1, 0.15) is 12.6 Å². The summed E-state index contributed by atoms with van der Waals surface area (Å²) in [6.45, 7) is 3.23. The molecule has 0 saturated heterocycles. The quantitative estimate of drug-likeness (QED) is 0.533. The molecule has 0 aliphatic heterocycles. The van der Waals surface area contributed by atoms with Crippen molar-refractivity contribution in [2.24, 2.45) is 0 Å². The van der Waals surface area contributed by atoms with Gasteiger partial charge in [-0.2, -0.15) is 14.8 Å². The zero-order valence-electron chi connectivity index (χ0n) is 14.0. The standard InChI is InChI=1S/C16H15N7O3/c1-10-7-15(20-13-5-3-12(4-6-13)19-11(2)24)21-16(18-10)22-9-14(8-17-22)23(25)26/h3-9H,1-2H3,(H,19,24)(H,18,20,21). The number of carbonyl (C=O) groups excluding carboxylic acids is 1. The van der Waals surface area contributed by atoms with E-state index in [0.717, 1.165) is 11.9 Å². The van der Waals surface area contributed by atoms with E-state index in [2.05, 4.69) is 25.7 Å². The number of anilines is 3. The number of nitrogens with zero attached hydrogens (tertiary/aromatic N) is 5. The van der Waals surface area contributed by atoms with Crippen LogP contribution >= 0.6 is 0 Å². The summed E-state index contributed by atoms with van der Waals surface area (Å²) in [5, 5.41) is 20.5. The number of carbonyl (C=O) groups is 1. The Labute approximate surface area is 148 Å². The number of nitrogens with one attached hydrogen (secondary N) is 2. The molecule has 0 aliphatic carbocycles. The van der Waals surface area contributed by atoms with Crippen LogP contribution in [-0.2, 0) is 4.79 Å². The molecule has 1 amide bonds. The van der Waals surface area contributed by atoms with Gasteiger partial charge < -0.3 is 10.6 Å². The Hall–Kier alpha value is -3.82. The number of benzene rings is 1. The van der Waals surface area contributed by atoms with Crippen molar-refractivity contribution in [3.8, 4) is 5.95 Å². The number of amides is 1. The molecular weight excluding hydrogens is 338 g/mol. The molecule has 0 bridgehead atoms. The van der Waals surface area contributed by atoms with Crippen molar-refractivity contribution in [3.63, 3.8) is 0 Å². The third kappa shape index (κ3) is 3.98. The molecule has 0 saturated carbocycles. The second kappa shape index (κ2) is 6.97. The maximum Gasteiger partial charge on any atom is 0.307 e. The van der Waals surface area contributed by atoms with Gasteiger partial charge in [-0.25, -0.2) is 4.98 Å². The molecular formula is C16H15N7O3. The van der Waals surface area contributed by atoms with Crippen LogP contribution < -0.4 is 10.6 Å². The fraction of sp³-hybridized carbons (Fsp3) is 0.125. The van der Waals surface area contributed by atoms with Gasteiger partial charge >= 0.3 is 5.69 Å². The molecule has 3 rings (SSSR count). The molecule has 0 fully saturated rings. The summed E-state index contributed by atoms with van der Waals surface area (Å²) in [6.07, 6.45) is 2.39. The lowest BCUT2D eigenvalue weighted by Gasteiger charge is -2.09. The minimum absolute atomic E-state index is 0.141. The largest absolute Gasteiger partial charge is 0.340 e. The fourth-order valence-electron chi connectivity index (χ4n) is 2.22. The topological polar surface area (TPSA) is 128 Å². The monoisotopic (exact) mass is 353 g/mol. The van der Waals surface area contributed by atoms with E-state index in [-0.39, 0.29) is 17.5 Å². The summed E-state index contributed by atoms with van der Waals surface area (Å²) in [4.78, 5) is 29.9. The van der Waals surface area contributed by atoms with Gasteiger partial charge in [0.05, 0.1) is 4.92 Å². The van der Waals surface area contributed by atoms with Gasteiger partial charge in [0.15, 0.2) is 0 Å². The molecule has 10 nitrogen and oxygen atoms in total. The zero-order chi connectivity index (χ0) is 18.7.